The third-order valence-corrected chi connectivity index (χ3v) is 3.46. The average molecular weight is 267 g/mol. The molecule has 1 amide bonds. The van der Waals surface area contributed by atoms with E-state index in [0.717, 1.165) is 31.6 Å². The lowest BCUT2D eigenvalue weighted by Gasteiger charge is -2.20. The van der Waals surface area contributed by atoms with Crippen LogP contribution in [0.5, 0.6) is 0 Å². The number of carbonyl (C=O) groups is 1. The van der Waals surface area contributed by atoms with E-state index in [1.54, 1.807) is 0 Å². The zero-order valence-electron chi connectivity index (χ0n) is 10.5. The van der Waals surface area contributed by atoms with Crippen molar-refractivity contribution < 1.29 is 4.79 Å². The second kappa shape index (κ2) is 6.64. The number of nitrogens with one attached hydrogen (secondary N) is 1. The molecule has 0 radical (unpaired) electrons. The minimum atomic E-state index is 0.178. The van der Waals surface area contributed by atoms with Gasteiger partial charge in [0.2, 0.25) is 5.91 Å². The number of benzene rings is 1. The number of halogens is 1. The van der Waals surface area contributed by atoms with Crippen molar-refractivity contribution in [2.24, 2.45) is 0 Å². The van der Waals surface area contributed by atoms with Gasteiger partial charge in [-0.05, 0) is 31.0 Å². The summed E-state index contributed by atoms with van der Waals surface area (Å²) in [5, 5.41) is 3.81. The molecule has 3 nitrogen and oxygen atoms in total. The van der Waals surface area contributed by atoms with E-state index in [4.69, 9.17) is 11.6 Å². The highest BCUT2D eigenvalue weighted by molar-refractivity contribution is 6.30. The van der Waals surface area contributed by atoms with Crippen molar-refractivity contribution >= 4 is 23.2 Å². The summed E-state index contributed by atoms with van der Waals surface area (Å²) in [5.41, 5.74) is 0.894. The second-order valence-corrected chi connectivity index (χ2v) is 5.10. The zero-order chi connectivity index (χ0) is 12.8. The number of amides is 1. The van der Waals surface area contributed by atoms with E-state index in [0.29, 0.717) is 11.6 Å². The second-order valence-electron chi connectivity index (χ2n) is 4.66. The van der Waals surface area contributed by atoms with E-state index in [9.17, 15) is 4.79 Å². The topological polar surface area (TPSA) is 32.3 Å². The van der Waals surface area contributed by atoms with Crippen LogP contribution in [-0.4, -0.2) is 30.4 Å². The Hall–Kier alpha value is -1.22. The van der Waals surface area contributed by atoms with Gasteiger partial charge in [-0.25, -0.2) is 0 Å². The van der Waals surface area contributed by atoms with Gasteiger partial charge < -0.3 is 10.2 Å². The van der Waals surface area contributed by atoms with Crippen molar-refractivity contribution in [2.75, 3.05) is 25.0 Å². The van der Waals surface area contributed by atoms with Crippen molar-refractivity contribution in [1.29, 1.82) is 0 Å². The van der Waals surface area contributed by atoms with E-state index in [1.807, 2.05) is 29.2 Å². The van der Waals surface area contributed by atoms with Crippen LogP contribution in [0.2, 0.25) is 5.02 Å². The Bertz CT molecular complexity index is 401. The molecule has 0 atom stereocenters. The maximum atomic E-state index is 12.0. The first-order valence-electron chi connectivity index (χ1n) is 6.53. The first-order valence-corrected chi connectivity index (χ1v) is 6.91. The van der Waals surface area contributed by atoms with Crippen LogP contribution in [0.1, 0.15) is 25.7 Å². The predicted molar refractivity (Wildman–Crippen MR) is 75.0 cm³/mol. The van der Waals surface area contributed by atoms with E-state index >= 15 is 0 Å². The van der Waals surface area contributed by atoms with E-state index in [1.165, 1.54) is 12.8 Å². The van der Waals surface area contributed by atoms with Crippen LogP contribution in [0.25, 0.3) is 0 Å². The van der Waals surface area contributed by atoms with Gasteiger partial charge in [-0.15, -0.1) is 0 Å². The Morgan fingerprint density at radius 2 is 1.94 bits per heavy atom. The number of hydrogen-bond donors (Lipinski definition) is 1. The molecule has 0 saturated carbocycles. The molecule has 0 spiro atoms. The van der Waals surface area contributed by atoms with E-state index in [-0.39, 0.29) is 5.91 Å². The molecule has 0 aliphatic carbocycles. The normalized spacial score (nSPS) is 16.2. The van der Waals surface area contributed by atoms with Gasteiger partial charge in [0.1, 0.15) is 0 Å². The molecular formula is C14H19ClN2O. The Balaban J connectivity index is 1.83. The molecule has 1 fully saturated rings. The summed E-state index contributed by atoms with van der Waals surface area (Å²) in [7, 11) is 0. The maximum absolute atomic E-state index is 12.0. The van der Waals surface area contributed by atoms with Crippen LogP contribution < -0.4 is 5.32 Å². The molecule has 0 bridgehead atoms. The quantitative estimate of drug-likeness (QED) is 0.912. The van der Waals surface area contributed by atoms with Crippen LogP contribution in [-0.2, 0) is 4.79 Å². The minimum absolute atomic E-state index is 0.178. The maximum Gasteiger partial charge on any atom is 0.241 e. The Kier molecular flexibility index (Phi) is 4.88. The molecule has 1 saturated heterocycles. The van der Waals surface area contributed by atoms with Gasteiger partial charge in [0, 0.05) is 23.8 Å². The Morgan fingerprint density at radius 3 is 2.61 bits per heavy atom. The molecule has 4 heteroatoms. The van der Waals surface area contributed by atoms with Crippen LogP contribution in [0.4, 0.5) is 5.69 Å². The van der Waals surface area contributed by atoms with Gasteiger partial charge in [-0.1, -0.05) is 30.5 Å². The highest BCUT2D eigenvalue weighted by atomic mass is 35.5. The molecule has 1 aromatic carbocycles. The SMILES string of the molecule is O=C(CNc1cccc(Cl)c1)N1CCCCCC1. The van der Waals surface area contributed by atoms with E-state index < -0.39 is 0 Å². The van der Waals surface area contributed by atoms with Crippen LogP contribution in [0.3, 0.4) is 0 Å². The zero-order valence-corrected chi connectivity index (χ0v) is 11.2. The number of carbonyl (C=O) groups excluding carboxylic acids is 1. The molecule has 2 rings (SSSR count). The van der Waals surface area contributed by atoms with Crippen molar-refractivity contribution in [3.63, 3.8) is 0 Å². The van der Waals surface area contributed by atoms with Crippen molar-refractivity contribution in [2.45, 2.75) is 25.7 Å². The Morgan fingerprint density at radius 1 is 1.22 bits per heavy atom. The van der Waals surface area contributed by atoms with Gasteiger partial charge in [0.15, 0.2) is 0 Å². The van der Waals surface area contributed by atoms with Crippen LogP contribution in [0.15, 0.2) is 24.3 Å². The highest BCUT2D eigenvalue weighted by Gasteiger charge is 2.14. The van der Waals surface area contributed by atoms with Crippen LogP contribution in [0, 0.1) is 0 Å². The van der Waals surface area contributed by atoms with Gasteiger partial charge in [-0.3, -0.25) is 4.79 Å². The minimum Gasteiger partial charge on any atom is -0.376 e. The lowest BCUT2D eigenvalue weighted by molar-refractivity contribution is -0.129. The van der Waals surface area contributed by atoms with Crippen LogP contribution >= 0.6 is 11.6 Å². The first kappa shape index (κ1) is 13.2. The molecule has 1 aliphatic heterocycles. The number of likely N-dealkylation sites (tertiary alicyclic amines) is 1. The number of nitrogens with zero attached hydrogens (tertiary/aromatic N) is 1. The van der Waals surface area contributed by atoms with Crippen molar-refractivity contribution in [3.05, 3.63) is 29.3 Å². The van der Waals surface area contributed by atoms with Gasteiger partial charge in [-0.2, -0.15) is 0 Å². The smallest absolute Gasteiger partial charge is 0.241 e. The molecular weight excluding hydrogens is 248 g/mol. The predicted octanol–water partition coefficient (Wildman–Crippen LogP) is 3.15. The largest absolute Gasteiger partial charge is 0.376 e. The van der Waals surface area contributed by atoms with Gasteiger partial charge in [0.05, 0.1) is 6.54 Å². The molecule has 18 heavy (non-hydrogen) atoms. The first-order chi connectivity index (χ1) is 8.75. The van der Waals surface area contributed by atoms with Crippen molar-refractivity contribution in [3.8, 4) is 0 Å². The third-order valence-electron chi connectivity index (χ3n) is 3.23. The molecule has 1 aliphatic rings. The number of hydrogen-bond acceptors (Lipinski definition) is 2. The highest BCUT2D eigenvalue weighted by Crippen LogP contribution is 2.15. The summed E-state index contributed by atoms with van der Waals surface area (Å²) in [5.74, 6) is 0.178. The molecule has 1 N–H and O–H groups in total. The van der Waals surface area contributed by atoms with Crippen molar-refractivity contribution in [1.82, 2.24) is 4.90 Å². The summed E-state index contributed by atoms with van der Waals surface area (Å²) in [6, 6.07) is 7.45. The summed E-state index contributed by atoms with van der Waals surface area (Å²) >= 11 is 5.90. The molecule has 0 unspecified atom stereocenters. The molecule has 98 valence electrons. The fourth-order valence-corrected chi connectivity index (χ4v) is 2.40. The lowest BCUT2D eigenvalue weighted by Crippen LogP contribution is -2.36. The molecule has 0 aromatic heterocycles. The molecule has 1 aromatic rings. The lowest BCUT2D eigenvalue weighted by atomic mass is 10.2. The summed E-state index contributed by atoms with van der Waals surface area (Å²) in [6.07, 6.45) is 4.74. The van der Waals surface area contributed by atoms with Gasteiger partial charge >= 0.3 is 0 Å². The fraction of sp³-hybridized carbons (Fsp3) is 0.500. The Labute approximate surface area is 113 Å². The number of anilines is 1. The fourth-order valence-electron chi connectivity index (χ4n) is 2.21. The standard InChI is InChI=1S/C14H19ClN2O/c15-12-6-5-7-13(10-12)16-11-14(18)17-8-3-1-2-4-9-17/h5-7,10,16H,1-4,8-9,11H2. The average Bonchev–Trinajstić information content (AvgIpc) is 2.65. The summed E-state index contributed by atoms with van der Waals surface area (Å²) in [4.78, 5) is 14.0. The molecule has 1 heterocycles. The number of rotatable bonds is 3. The van der Waals surface area contributed by atoms with Gasteiger partial charge in [0.25, 0.3) is 0 Å². The third kappa shape index (κ3) is 3.91. The van der Waals surface area contributed by atoms with E-state index in [2.05, 4.69) is 5.32 Å². The monoisotopic (exact) mass is 266 g/mol. The summed E-state index contributed by atoms with van der Waals surface area (Å²) in [6.45, 7) is 2.15. The summed E-state index contributed by atoms with van der Waals surface area (Å²) < 4.78 is 0.